The highest BCUT2D eigenvalue weighted by molar-refractivity contribution is 7.71. The van der Waals surface area contributed by atoms with Gasteiger partial charge in [-0.15, -0.1) is 5.10 Å². The minimum atomic E-state index is -0.278. The van der Waals surface area contributed by atoms with Crippen molar-refractivity contribution in [3.8, 4) is 17.1 Å². The van der Waals surface area contributed by atoms with Crippen LogP contribution in [0.25, 0.3) is 17.1 Å². The molecule has 1 N–H and O–H groups in total. The van der Waals surface area contributed by atoms with Crippen LogP contribution in [-0.2, 0) is 6.67 Å². The van der Waals surface area contributed by atoms with Crippen molar-refractivity contribution in [1.29, 1.82) is 0 Å². The average molecular weight is 410 g/mol. The third kappa shape index (κ3) is 4.17. The van der Waals surface area contributed by atoms with Crippen molar-refractivity contribution < 1.29 is 5.11 Å². The molecule has 0 saturated carbocycles. The highest BCUT2D eigenvalue weighted by Gasteiger charge is 2.22. The van der Waals surface area contributed by atoms with E-state index < -0.39 is 0 Å². The fourth-order valence-electron chi connectivity index (χ4n) is 3.93. The Morgan fingerprint density at radius 3 is 2.76 bits per heavy atom. The van der Waals surface area contributed by atoms with Crippen molar-refractivity contribution in [2.45, 2.75) is 45.4 Å². The van der Waals surface area contributed by atoms with Gasteiger partial charge in [-0.1, -0.05) is 32.0 Å². The summed E-state index contributed by atoms with van der Waals surface area (Å²) < 4.78 is 4.58. The van der Waals surface area contributed by atoms with Crippen LogP contribution in [0.5, 0.6) is 0 Å². The molecule has 0 amide bonds. The van der Waals surface area contributed by atoms with Crippen molar-refractivity contribution in [3.05, 3.63) is 59.1 Å². The second-order valence-corrected chi connectivity index (χ2v) is 8.28. The van der Waals surface area contributed by atoms with Crippen molar-refractivity contribution in [3.63, 3.8) is 0 Å². The van der Waals surface area contributed by atoms with Crippen molar-refractivity contribution in [2.24, 2.45) is 0 Å². The van der Waals surface area contributed by atoms with Crippen molar-refractivity contribution in [2.75, 3.05) is 13.1 Å². The normalized spacial score (nSPS) is 17.7. The van der Waals surface area contributed by atoms with E-state index in [4.69, 9.17) is 17.3 Å². The van der Waals surface area contributed by atoms with E-state index in [0.717, 1.165) is 36.5 Å². The van der Waals surface area contributed by atoms with E-state index in [0.29, 0.717) is 23.9 Å². The van der Waals surface area contributed by atoms with Gasteiger partial charge < -0.3 is 5.11 Å². The number of rotatable bonds is 5. The van der Waals surface area contributed by atoms with Gasteiger partial charge in [0.1, 0.15) is 0 Å². The quantitative estimate of drug-likeness (QED) is 0.646. The summed E-state index contributed by atoms with van der Waals surface area (Å²) in [6, 6.07) is 12.3. The fraction of sp³-hybridized carbons (Fsp3) is 0.409. The molecule has 1 fully saturated rings. The predicted octanol–water partition coefficient (Wildman–Crippen LogP) is 4.00. The minimum absolute atomic E-state index is 0.278. The van der Waals surface area contributed by atoms with E-state index in [9.17, 15) is 5.11 Å². The number of aliphatic hydroxyl groups excluding tert-OH is 1. The Hall–Kier alpha value is -2.35. The predicted molar refractivity (Wildman–Crippen MR) is 117 cm³/mol. The molecule has 6 nitrogen and oxygen atoms in total. The van der Waals surface area contributed by atoms with E-state index in [1.54, 1.807) is 6.20 Å². The number of piperidine rings is 1. The second kappa shape index (κ2) is 8.57. The molecule has 7 heteroatoms. The third-order valence-corrected chi connectivity index (χ3v) is 5.77. The Morgan fingerprint density at radius 2 is 2.03 bits per heavy atom. The van der Waals surface area contributed by atoms with Crippen molar-refractivity contribution in [1.82, 2.24) is 24.2 Å². The summed E-state index contributed by atoms with van der Waals surface area (Å²) in [5.74, 6) is 1.14. The number of likely N-dealkylation sites (tertiary alicyclic amines) is 1. The van der Waals surface area contributed by atoms with Gasteiger partial charge in [-0.2, -0.15) is 0 Å². The molecule has 0 unspecified atom stereocenters. The first-order chi connectivity index (χ1) is 14.0. The summed E-state index contributed by atoms with van der Waals surface area (Å²) in [5.41, 5.74) is 3.20. The van der Waals surface area contributed by atoms with Gasteiger partial charge in [0.25, 0.3) is 0 Å². The molecule has 0 aliphatic carbocycles. The van der Waals surface area contributed by atoms with Gasteiger partial charge >= 0.3 is 0 Å². The van der Waals surface area contributed by atoms with Crippen LogP contribution in [-0.4, -0.2) is 48.5 Å². The summed E-state index contributed by atoms with van der Waals surface area (Å²) in [4.78, 5) is 6.49. The molecule has 3 heterocycles. The molecule has 1 aliphatic rings. The lowest BCUT2D eigenvalue weighted by molar-refractivity contribution is 0.0513. The van der Waals surface area contributed by atoms with E-state index >= 15 is 0 Å². The molecule has 2 aromatic heterocycles. The molecule has 1 atom stereocenters. The molecular weight excluding hydrogens is 382 g/mol. The Kier molecular flexibility index (Phi) is 5.89. The number of hydrogen-bond donors (Lipinski definition) is 1. The number of hydrogen-bond acceptors (Lipinski definition) is 5. The second-order valence-electron chi connectivity index (χ2n) is 7.91. The molecule has 1 saturated heterocycles. The van der Waals surface area contributed by atoms with Crippen LogP contribution in [0.3, 0.4) is 0 Å². The SMILES string of the molecule is CC(C)c1ccccc1-n1c(-c2cccnc2)nn(CN2CCC[C@@H](O)C2)c1=S. The van der Waals surface area contributed by atoms with Gasteiger partial charge in [0.05, 0.1) is 18.5 Å². The summed E-state index contributed by atoms with van der Waals surface area (Å²) in [7, 11) is 0. The monoisotopic (exact) mass is 409 g/mol. The summed E-state index contributed by atoms with van der Waals surface area (Å²) in [5, 5.41) is 14.9. The molecule has 3 aromatic rings. The standard InChI is InChI=1S/C22H27N5OS/c1-16(2)19-9-3-4-10-20(19)27-21(17-7-5-11-23-13-17)24-26(22(27)29)15-25-12-6-8-18(28)14-25/h3-5,7,9-11,13,16,18,28H,6,8,12,14-15H2,1-2H3/t18-/m1/s1. The summed E-state index contributed by atoms with van der Waals surface area (Å²) in [6.07, 6.45) is 5.15. The van der Waals surface area contributed by atoms with Crippen molar-refractivity contribution >= 4 is 12.2 Å². The maximum atomic E-state index is 10.0. The number of aromatic nitrogens is 4. The highest BCUT2D eigenvalue weighted by atomic mass is 32.1. The number of benzene rings is 1. The van der Waals surface area contributed by atoms with Gasteiger partial charge in [0.15, 0.2) is 5.82 Å². The zero-order chi connectivity index (χ0) is 20.4. The Balaban J connectivity index is 1.83. The van der Waals surface area contributed by atoms with Gasteiger partial charge in [-0.3, -0.25) is 14.5 Å². The number of β-amino-alcohol motifs (C(OH)–C–C–N with tert-alkyl or cyclic N) is 1. The molecule has 152 valence electrons. The Bertz CT molecular complexity index is 1030. The van der Waals surface area contributed by atoms with Gasteiger partial charge in [-0.25, -0.2) is 4.68 Å². The van der Waals surface area contributed by atoms with Crippen LogP contribution in [0.2, 0.25) is 0 Å². The van der Waals surface area contributed by atoms with Crippen LogP contribution in [0.1, 0.15) is 38.2 Å². The van der Waals surface area contributed by atoms with Gasteiger partial charge in [-0.05, 0) is 54.7 Å². The Labute approximate surface area is 176 Å². The Morgan fingerprint density at radius 1 is 1.21 bits per heavy atom. The molecule has 1 aliphatic heterocycles. The lowest BCUT2D eigenvalue weighted by atomic mass is 10.0. The smallest absolute Gasteiger partial charge is 0.204 e. The van der Waals surface area contributed by atoms with E-state index in [2.05, 4.69) is 46.5 Å². The molecule has 29 heavy (non-hydrogen) atoms. The van der Waals surface area contributed by atoms with E-state index in [-0.39, 0.29) is 6.10 Å². The molecule has 4 rings (SSSR count). The molecule has 0 spiro atoms. The molecule has 0 radical (unpaired) electrons. The maximum absolute atomic E-state index is 10.0. The largest absolute Gasteiger partial charge is 0.392 e. The number of pyridine rings is 1. The zero-order valence-electron chi connectivity index (χ0n) is 16.9. The van der Waals surface area contributed by atoms with Crippen LogP contribution in [0, 0.1) is 4.77 Å². The lowest BCUT2D eigenvalue weighted by Crippen LogP contribution is -2.39. The lowest BCUT2D eigenvalue weighted by Gasteiger charge is -2.29. The van der Waals surface area contributed by atoms with Gasteiger partial charge in [0, 0.05) is 31.0 Å². The number of nitrogens with zero attached hydrogens (tertiary/aromatic N) is 5. The van der Waals surface area contributed by atoms with E-state index in [1.807, 2.05) is 29.1 Å². The van der Waals surface area contributed by atoms with Crippen LogP contribution in [0.4, 0.5) is 0 Å². The zero-order valence-corrected chi connectivity index (χ0v) is 17.7. The minimum Gasteiger partial charge on any atom is -0.392 e. The van der Waals surface area contributed by atoms with Gasteiger partial charge in [0.2, 0.25) is 4.77 Å². The first-order valence-electron chi connectivity index (χ1n) is 10.1. The van der Waals surface area contributed by atoms with Crippen LogP contribution in [0.15, 0.2) is 48.8 Å². The van der Waals surface area contributed by atoms with E-state index in [1.165, 1.54) is 5.56 Å². The first-order valence-corrected chi connectivity index (χ1v) is 10.6. The highest BCUT2D eigenvalue weighted by Crippen LogP contribution is 2.28. The molecule has 1 aromatic carbocycles. The summed E-state index contributed by atoms with van der Waals surface area (Å²) >= 11 is 5.89. The first kappa shape index (κ1) is 19.9. The maximum Gasteiger partial charge on any atom is 0.204 e. The fourth-order valence-corrected chi connectivity index (χ4v) is 4.21. The summed E-state index contributed by atoms with van der Waals surface area (Å²) in [6.45, 7) is 6.54. The third-order valence-electron chi connectivity index (χ3n) is 5.37. The van der Waals surface area contributed by atoms with Crippen LogP contribution < -0.4 is 0 Å². The number of aliphatic hydroxyl groups is 1. The average Bonchev–Trinajstić information content (AvgIpc) is 3.04. The molecule has 0 bridgehead atoms. The number of para-hydroxylation sites is 1. The van der Waals surface area contributed by atoms with Crippen LogP contribution >= 0.6 is 12.2 Å². The molecular formula is C22H27N5OS. The topological polar surface area (TPSA) is 59.1 Å².